The zero-order chi connectivity index (χ0) is 21.9. The van der Waals surface area contributed by atoms with Gasteiger partial charge in [-0.15, -0.1) is 11.6 Å². The number of hydrogen-bond donors (Lipinski definition) is 0. The summed E-state index contributed by atoms with van der Waals surface area (Å²) in [7, 11) is 0. The molecule has 1 amide bonds. The number of benzene rings is 1. The molecule has 1 fully saturated rings. The standard InChI is InChI=1S/C23H29ClN2O4/c1-23(2,3)30-22(29)26-15-16(19-6-4-5-7-20(19)26)12-13-25(21(28)14-24)17-8-10-18(27)11-9-17/h4-7,15,17H,8-14H2,1-3H3. The lowest BCUT2D eigenvalue weighted by molar-refractivity contribution is -0.133. The summed E-state index contributed by atoms with van der Waals surface area (Å²) < 4.78 is 7.07. The van der Waals surface area contributed by atoms with Crippen LogP contribution in [-0.4, -0.2) is 51.3 Å². The quantitative estimate of drug-likeness (QED) is 0.650. The molecule has 0 spiro atoms. The smallest absolute Gasteiger partial charge is 0.419 e. The molecule has 3 rings (SSSR count). The molecule has 6 nitrogen and oxygen atoms in total. The maximum atomic E-state index is 12.7. The van der Waals surface area contributed by atoms with Crippen LogP contribution >= 0.6 is 11.6 Å². The Bertz CT molecular complexity index is 934. The molecule has 0 unspecified atom stereocenters. The number of amides is 1. The maximum absolute atomic E-state index is 12.7. The Morgan fingerprint density at radius 3 is 2.50 bits per heavy atom. The van der Waals surface area contributed by atoms with Crippen molar-refractivity contribution in [1.82, 2.24) is 9.47 Å². The molecular formula is C23H29ClN2O4. The number of para-hydroxylation sites is 1. The van der Waals surface area contributed by atoms with E-state index in [2.05, 4.69) is 0 Å². The number of fused-ring (bicyclic) bond motifs is 1. The van der Waals surface area contributed by atoms with E-state index in [0.29, 0.717) is 38.6 Å². The van der Waals surface area contributed by atoms with Crippen molar-refractivity contribution >= 4 is 40.3 Å². The summed E-state index contributed by atoms with van der Waals surface area (Å²) in [5, 5.41) is 0.959. The minimum absolute atomic E-state index is 0.0353. The van der Waals surface area contributed by atoms with Crippen LogP contribution in [-0.2, 0) is 20.7 Å². The molecule has 1 aromatic carbocycles. The lowest BCUT2D eigenvalue weighted by atomic mass is 9.93. The summed E-state index contributed by atoms with van der Waals surface area (Å²) in [6.07, 6.45) is 4.34. The fourth-order valence-corrected chi connectivity index (χ4v) is 4.13. The van der Waals surface area contributed by atoms with Crippen LogP contribution in [0.25, 0.3) is 10.9 Å². The molecule has 0 atom stereocenters. The minimum Gasteiger partial charge on any atom is -0.443 e. The molecular weight excluding hydrogens is 404 g/mol. The van der Waals surface area contributed by atoms with E-state index in [1.165, 1.54) is 4.57 Å². The molecule has 30 heavy (non-hydrogen) atoms. The van der Waals surface area contributed by atoms with Crippen LogP contribution < -0.4 is 0 Å². The Morgan fingerprint density at radius 2 is 1.87 bits per heavy atom. The summed E-state index contributed by atoms with van der Waals surface area (Å²) in [4.78, 5) is 38.6. The van der Waals surface area contributed by atoms with Crippen molar-refractivity contribution in [3.63, 3.8) is 0 Å². The highest BCUT2D eigenvalue weighted by Crippen LogP contribution is 2.25. The second-order valence-corrected chi connectivity index (χ2v) is 9.03. The van der Waals surface area contributed by atoms with E-state index in [-0.39, 0.29) is 23.6 Å². The van der Waals surface area contributed by atoms with Crippen molar-refractivity contribution in [3.8, 4) is 0 Å². The molecule has 0 aliphatic heterocycles. The zero-order valence-corrected chi connectivity index (χ0v) is 18.6. The molecule has 1 heterocycles. The molecule has 1 saturated carbocycles. The van der Waals surface area contributed by atoms with Crippen LogP contribution in [0.5, 0.6) is 0 Å². The van der Waals surface area contributed by atoms with Crippen LogP contribution in [0.3, 0.4) is 0 Å². The average Bonchev–Trinajstić information content (AvgIpc) is 3.07. The summed E-state index contributed by atoms with van der Waals surface area (Å²) >= 11 is 5.86. The van der Waals surface area contributed by atoms with Gasteiger partial charge < -0.3 is 9.64 Å². The Morgan fingerprint density at radius 1 is 1.20 bits per heavy atom. The van der Waals surface area contributed by atoms with E-state index in [1.807, 2.05) is 45.0 Å². The van der Waals surface area contributed by atoms with Gasteiger partial charge in [-0.05, 0) is 51.7 Å². The van der Waals surface area contributed by atoms with Crippen molar-refractivity contribution in [3.05, 3.63) is 36.0 Å². The van der Waals surface area contributed by atoms with Crippen molar-refractivity contribution in [2.45, 2.75) is 64.5 Å². The van der Waals surface area contributed by atoms with E-state index in [1.54, 1.807) is 11.1 Å². The fraction of sp³-hybridized carbons (Fsp3) is 0.522. The second-order valence-electron chi connectivity index (χ2n) is 8.76. The molecule has 0 N–H and O–H groups in total. The molecule has 0 radical (unpaired) electrons. The normalized spacial score (nSPS) is 15.4. The van der Waals surface area contributed by atoms with Gasteiger partial charge in [-0.2, -0.15) is 0 Å². The van der Waals surface area contributed by atoms with E-state index in [9.17, 15) is 14.4 Å². The van der Waals surface area contributed by atoms with Gasteiger partial charge in [0.25, 0.3) is 0 Å². The highest BCUT2D eigenvalue weighted by Gasteiger charge is 2.28. The number of nitrogens with zero attached hydrogens (tertiary/aromatic N) is 2. The van der Waals surface area contributed by atoms with Gasteiger partial charge >= 0.3 is 6.09 Å². The third kappa shape index (κ3) is 5.22. The SMILES string of the molecule is CC(C)(C)OC(=O)n1cc(CCN(C(=O)CCl)C2CCC(=O)CC2)c2ccccc21. The Kier molecular flexibility index (Phi) is 6.86. The van der Waals surface area contributed by atoms with Gasteiger partial charge in [-0.3, -0.25) is 14.2 Å². The number of rotatable bonds is 5. The third-order valence-corrected chi connectivity index (χ3v) is 5.62. The summed E-state index contributed by atoms with van der Waals surface area (Å²) in [5.41, 5.74) is 1.15. The molecule has 2 aromatic rings. The van der Waals surface area contributed by atoms with Crippen molar-refractivity contribution < 1.29 is 19.1 Å². The molecule has 0 bridgehead atoms. The van der Waals surface area contributed by atoms with Gasteiger partial charge in [0.05, 0.1) is 5.52 Å². The lowest BCUT2D eigenvalue weighted by Gasteiger charge is -2.33. The monoisotopic (exact) mass is 432 g/mol. The topological polar surface area (TPSA) is 68.6 Å². The van der Waals surface area contributed by atoms with Gasteiger partial charge in [0.15, 0.2) is 0 Å². The molecule has 1 aliphatic rings. The van der Waals surface area contributed by atoms with Crippen LogP contribution in [0.15, 0.2) is 30.5 Å². The lowest BCUT2D eigenvalue weighted by Crippen LogP contribution is -2.44. The average molecular weight is 433 g/mol. The maximum Gasteiger partial charge on any atom is 0.419 e. The Balaban J connectivity index is 1.83. The Labute approximate surface area is 182 Å². The number of carbonyl (C=O) groups excluding carboxylic acids is 3. The predicted octanol–water partition coefficient (Wildman–Crippen LogP) is 4.55. The summed E-state index contributed by atoms with van der Waals surface area (Å²) in [6, 6.07) is 7.71. The van der Waals surface area contributed by atoms with Gasteiger partial charge in [0.2, 0.25) is 5.91 Å². The number of carbonyl (C=O) groups is 3. The molecule has 1 aromatic heterocycles. The first-order valence-corrected chi connectivity index (χ1v) is 10.9. The number of alkyl halides is 1. The first-order chi connectivity index (χ1) is 14.2. The predicted molar refractivity (Wildman–Crippen MR) is 117 cm³/mol. The number of hydrogen-bond acceptors (Lipinski definition) is 4. The second kappa shape index (κ2) is 9.21. The van der Waals surface area contributed by atoms with Crippen LogP contribution in [0.4, 0.5) is 4.79 Å². The number of halogens is 1. The molecule has 1 aliphatic carbocycles. The number of ketones is 1. The zero-order valence-electron chi connectivity index (χ0n) is 17.8. The Hall–Kier alpha value is -2.34. The van der Waals surface area contributed by atoms with Crippen molar-refractivity contribution in [2.75, 3.05) is 12.4 Å². The first-order valence-electron chi connectivity index (χ1n) is 10.4. The van der Waals surface area contributed by atoms with Gasteiger partial charge in [0.1, 0.15) is 17.3 Å². The minimum atomic E-state index is -0.593. The number of Topliss-reactive ketones (excluding diaryl/α,β-unsaturated/α-hetero) is 1. The highest BCUT2D eigenvalue weighted by atomic mass is 35.5. The molecule has 0 saturated heterocycles. The van der Waals surface area contributed by atoms with Crippen molar-refractivity contribution in [1.29, 1.82) is 0 Å². The van der Waals surface area contributed by atoms with E-state index in [4.69, 9.17) is 16.3 Å². The highest BCUT2D eigenvalue weighted by molar-refractivity contribution is 6.27. The van der Waals surface area contributed by atoms with Gasteiger partial charge in [0, 0.05) is 37.0 Å². The van der Waals surface area contributed by atoms with Gasteiger partial charge in [-0.25, -0.2) is 4.79 Å². The van der Waals surface area contributed by atoms with E-state index >= 15 is 0 Å². The van der Waals surface area contributed by atoms with Crippen molar-refractivity contribution in [2.24, 2.45) is 0 Å². The number of aromatic nitrogens is 1. The third-order valence-electron chi connectivity index (χ3n) is 5.39. The van der Waals surface area contributed by atoms with Crippen LogP contribution in [0, 0.1) is 0 Å². The fourth-order valence-electron chi connectivity index (χ4n) is 3.98. The van der Waals surface area contributed by atoms with E-state index < -0.39 is 11.7 Å². The first kappa shape index (κ1) is 22.3. The molecule has 7 heteroatoms. The van der Waals surface area contributed by atoms with E-state index in [0.717, 1.165) is 16.5 Å². The van der Waals surface area contributed by atoms with Gasteiger partial charge in [-0.1, -0.05) is 18.2 Å². The largest absolute Gasteiger partial charge is 0.443 e. The molecule has 162 valence electrons. The summed E-state index contributed by atoms with van der Waals surface area (Å²) in [5.74, 6) is 0.0567. The van der Waals surface area contributed by atoms with Crippen LogP contribution in [0.1, 0.15) is 52.0 Å². The summed E-state index contributed by atoms with van der Waals surface area (Å²) in [6.45, 7) is 6.00. The van der Waals surface area contributed by atoms with Crippen LogP contribution in [0.2, 0.25) is 0 Å². The number of ether oxygens (including phenoxy) is 1.